The van der Waals surface area contributed by atoms with Crippen LogP contribution in [0.2, 0.25) is 0 Å². The quantitative estimate of drug-likeness (QED) is 0.422. The first-order valence-corrected chi connectivity index (χ1v) is 11.0. The van der Waals surface area contributed by atoms with Gasteiger partial charge >= 0.3 is 0 Å². The third-order valence-corrected chi connectivity index (χ3v) is 6.90. The van der Waals surface area contributed by atoms with Crippen molar-refractivity contribution in [1.29, 1.82) is 0 Å². The van der Waals surface area contributed by atoms with E-state index in [0.717, 1.165) is 30.5 Å². The summed E-state index contributed by atoms with van der Waals surface area (Å²) < 4.78 is 44.7. The average Bonchev–Trinajstić information content (AvgIpc) is 3.35. The highest BCUT2D eigenvalue weighted by atomic mass is 19.2. The fraction of sp³-hybridized carbons (Fsp3) is 0.348. The maximum atomic E-state index is 14.0. The van der Waals surface area contributed by atoms with E-state index in [1.165, 1.54) is 6.33 Å². The van der Waals surface area contributed by atoms with E-state index in [1.54, 1.807) is 29.7 Å². The van der Waals surface area contributed by atoms with Gasteiger partial charge in [-0.15, -0.1) is 0 Å². The summed E-state index contributed by atoms with van der Waals surface area (Å²) in [5.41, 5.74) is 3.15. The number of rotatable bonds is 2. The number of carbonyl (C=O) groups excluding carboxylic acids is 1. The molecule has 0 aliphatic carbocycles. The molecular formula is C23H20F3N7O. The molecule has 4 aromatic rings. The third kappa shape index (κ3) is 2.88. The summed E-state index contributed by atoms with van der Waals surface area (Å²) in [4.78, 5) is 24.1. The first-order valence-electron chi connectivity index (χ1n) is 11.0. The van der Waals surface area contributed by atoms with Crippen LogP contribution in [0.3, 0.4) is 0 Å². The zero-order valence-corrected chi connectivity index (χ0v) is 18.5. The van der Waals surface area contributed by atoms with Gasteiger partial charge in [0.05, 0.1) is 29.0 Å². The molecule has 2 aliphatic rings. The minimum absolute atomic E-state index is 0.126. The summed E-state index contributed by atoms with van der Waals surface area (Å²) in [5, 5.41) is 9.44. The van der Waals surface area contributed by atoms with Crippen LogP contribution in [0.15, 0.2) is 24.7 Å². The lowest BCUT2D eigenvalue weighted by Gasteiger charge is -2.45. The summed E-state index contributed by atoms with van der Waals surface area (Å²) in [6.45, 7) is 0. The second-order valence-corrected chi connectivity index (χ2v) is 8.83. The predicted molar refractivity (Wildman–Crippen MR) is 115 cm³/mol. The Kier molecular flexibility index (Phi) is 4.51. The van der Waals surface area contributed by atoms with Gasteiger partial charge in [0.15, 0.2) is 23.1 Å². The van der Waals surface area contributed by atoms with Crippen LogP contribution in [-0.2, 0) is 20.5 Å². The Labute approximate surface area is 192 Å². The molecule has 2 unspecified atom stereocenters. The summed E-state index contributed by atoms with van der Waals surface area (Å²) >= 11 is 0. The van der Waals surface area contributed by atoms with Crippen LogP contribution in [0.1, 0.15) is 47.1 Å². The van der Waals surface area contributed by atoms with Gasteiger partial charge in [0.25, 0.3) is 5.91 Å². The summed E-state index contributed by atoms with van der Waals surface area (Å²) in [7, 11) is 3.44. The van der Waals surface area contributed by atoms with Gasteiger partial charge in [0.2, 0.25) is 0 Å². The summed E-state index contributed by atoms with van der Waals surface area (Å²) in [5.74, 6) is -4.21. The van der Waals surface area contributed by atoms with Crippen LogP contribution in [0.5, 0.6) is 0 Å². The number of nitrogens with zero attached hydrogens (tertiary/aromatic N) is 7. The van der Waals surface area contributed by atoms with E-state index in [2.05, 4.69) is 20.2 Å². The first-order chi connectivity index (χ1) is 16.3. The van der Waals surface area contributed by atoms with Crippen molar-refractivity contribution >= 4 is 16.9 Å². The van der Waals surface area contributed by atoms with Crippen molar-refractivity contribution in [3.05, 3.63) is 59.1 Å². The Balaban J connectivity index is 1.46. The number of halogens is 3. The van der Waals surface area contributed by atoms with Crippen molar-refractivity contribution in [2.24, 2.45) is 14.1 Å². The number of hydrogen-bond acceptors (Lipinski definition) is 5. The van der Waals surface area contributed by atoms with Crippen molar-refractivity contribution in [2.75, 3.05) is 0 Å². The Morgan fingerprint density at radius 3 is 2.59 bits per heavy atom. The minimum Gasteiger partial charge on any atom is -0.325 e. The number of amides is 1. The number of benzene rings is 1. The van der Waals surface area contributed by atoms with Crippen molar-refractivity contribution in [1.82, 2.24) is 34.4 Å². The Bertz CT molecular complexity index is 1450. The number of hydrogen-bond donors (Lipinski definition) is 0. The Morgan fingerprint density at radius 2 is 1.82 bits per heavy atom. The van der Waals surface area contributed by atoms with Crippen molar-refractivity contribution in [3.8, 4) is 11.3 Å². The van der Waals surface area contributed by atoms with E-state index < -0.39 is 17.5 Å². The van der Waals surface area contributed by atoms with Crippen molar-refractivity contribution in [3.63, 3.8) is 0 Å². The molecule has 6 rings (SSSR count). The number of carbonyl (C=O) groups is 1. The zero-order valence-electron chi connectivity index (χ0n) is 18.5. The number of piperidine rings is 1. The molecular weight excluding hydrogens is 447 g/mol. The Morgan fingerprint density at radius 1 is 1.06 bits per heavy atom. The zero-order chi connectivity index (χ0) is 23.7. The van der Waals surface area contributed by atoms with Gasteiger partial charge in [-0.1, -0.05) is 0 Å². The summed E-state index contributed by atoms with van der Waals surface area (Å²) in [6.07, 6.45) is 5.84. The van der Waals surface area contributed by atoms with Crippen LogP contribution in [0, 0.1) is 17.5 Å². The molecule has 0 radical (unpaired) electrons. The highest BCUT2D eigenvalue weighted by Gasteiger charge is 2.44. The van der Waals surface area contributed by atoms with Gasteiger partial charge in [-0.05, 0) is 37.8 Å². The highest BCUT2D eigenvalue weighted by Crippen LogP contribution is 2.45. The average molecular weight is 467 g/mol. The minimum atomic E-state index is -1.50. The molecule has 0 spiro atoms. The fourth-order valence-corrected chi connectivity index (χ4v) is 5.46. The first kappa shape index (κ1) is 20.8. The molecule has 5 heterocycles. The second-order valence-electron chi connectivity index (χ2n) is 8.83. The summed E-state index contributed by atoms with van der Waals surface area (Å²) in [6, 6.07) is 1.55. The molecule has 0 N–H and O–H groups in total. The lowest BCUT2D eigenvalue weighted by atomic mass is 9.81. The van der Waals surface area contributed by atoms with E-state index >= 15 is 0 Å². The molecule has 1 aromatic carbocycles. The van der Waals surface area contributed by atoms with Crippen LogP contribution in [0.4, 0.5) is 13.2 Å². The van der Waals surface area contributed by atoms with Crippen molar-refractivity contribution in [2.45, 2.75) is 37.8 Å². The van der Waals surface area contributed by atoms with Crippen LogP contribution in [0.25, 0.3) is 22.3 Å². The van der Waals surface area contributed by atoms with Gasteiger partial charge < -0.3 is 4.90 Å². The van der Waals surface area contributed by atoms with Gasteiger partial charge in [0, 0.05) is 31.3 Å². The molecule has 3 aromatic heterocycles. The van der Waals surface area contributed by atoms with E-state index in [-0.39, 0.29) is 29.2 Å². The van der Waals surface area contributed by atoms with Crippen LogP contribution >= 0.6 is 0 Å². The van der Waals surface area contributed by atoms with Gasteiger partial charge in [-0.2, -0.15) is 10.2 Å². The fourth-order valence-electron chi connectivity index (χ4n) is 5.46. The normalized spacial score (nSPS) is 19.5. The molecule has 1 amide bonds. The van der Waals surface area contributed by atoms with E-state index in [9.17, 15) is 18.0 Å². The van der Waals surface area contributed by atoms with E-state index in [0.29, 0.717) is 35.3 Å². The topological polar surface area (TPSA) is 81.7 Å². The van der Waals surface area contributed by atoms with Gasteiger partial charge in [0.1, 0.15) is 12.0 Å². The number of aromatic nitrogens is 6. The molecule has 174 valence electrons. The molecule has 2 aliphatic heterocycles. The Hall–Kier alpha value is -3.76. The monoisotopic (exact) mass is 467 g/mol. The molecule has 2 bridgehead atoms. The number of aryl methyl sites for hydroxylation is 2. The molecule has 11 heteroatoms. The van der Waals surface area contributed by atoms with Gasteiger partial charge in [-0.3, -0.25) is 14.2 Å². The molecule has 2 atom stereocenters. The van der Waals surface area contributed by atoms with Gasteiger partial charge in [-0.25, -0.2) is 23.1 Å². The number of fused-ring (bicyclic) bond motifs is 5. The predicted octanol–water partition coefficient (Wildman–Crippen LogP) is 3.47. The van der Waals surface area contributed by atoms with E-state index in [1.807, 2.05) is 4.90 Å². The molecule has 8 nitrogen and oxygen atoms in total. The standard InChI is InChI=1S/C23H20F3N7O/c1-31-21(11-6-15(24)18(26)16(25)7-11)13-8-12-4-3-5-17(19(13)30-31)33(12)23(34)20-14-9-29-32(2)22(14)28-10-27-20/h6-7,9-10,12,17H,3-5,8H2,1-2H3. The van der Waals surface area contributed by atoms with E-state index in [4.69, 9.17) is 0 Å². The second kappa shape index (κ2) is 7.37. The highest BCUT2D eigenvalue weighted by molar-refractivity contribution is 6.03. The van der Waals surface area contributed by atoms with Crippen LogP contribution < -0.4 is 0 Å². The molecule has 1 saturated heterocycles. The maximum absolute atomic E-state index is 14.0. The van der Waals surface area contributed by atoms with Crippen molar-refractivity contribution < 1.29 is 18.0 Å². The largest absolute Gasteiger partial charge is 0.325 e. The van der Waals surface area contributed by atoms with Crippen LogP contribution in [-0.4, -0.2) is 46.4 Å². The smallest absolute Gasteiger partial charge is 0.274 e. The maximum Gasteiger partial charge on any atom is 0.274 e. The lowest BCUT2D eigenvalue weighted by molar-refractivity contribution is 0.0388. The molecule has 1 fully saturated rings. The third-order valence-electron chi connectivity index (χ3n) is 6.90. The lowest BCUT2D eigenvalue weighted by Crippen LogP contribution is -2.50. The molecule has 34 heavy (non-hydrogen) atoms. The SMILES string of the molecule is Cn1nc2c(c1-c1cc(F)c(F)c(F)c1)CC1CCCC2N1C(=O)c1ncnc2c1cnn2C. The molecule has 0 saturated carbocycles.